The first-order valence-corrected chi connectivity index (χ1v) is 5.36. The molecule has 1 saturated carbocycles. The van der Waals surface area contributed by atoms with Crippen molar-refractivity contribution in [1.29, 1.82) is 0 Å². The van der Waals surface area contributed by atoms with Crippen LogP contribution in [-0.2, 0) is 5.54 Å². The fourth-order valence-corrected chi connectivity index (χ4v) is 2.02. The van der Waals surface area contributed by atoms with Crippen LogP contribution >= 0.6 is 0 Å². The molecule has 0 saturated heterocycles. The topological polar surface area (TPSA) is 72.0 Å². The summed E-state index contributed by atoms with van der Waals surface area (Å²) in [5, 5.41) is 9.44. The molecule has 0 radical (unpaired) electrons. The number of rotatable bonds is 1. The maximum atomic E-state index is 9.44. The first-order valence-electron chi connectivity index (χ1n) is 5.36. The normalized spacial score (nSPS) is 31.5. The molecular formula is C11H17N3O. The van der Waals surface area contributed by atoms with E-state index < -0.39 is 0 Å². The standard InChI is InChI=1S/C11H17N3O/c1-8-6-14-10(7-13-8)11(12)4-2-9(15)3-5-11/h6-7,9,15H,2-5,12H2,1H3. The van der Waals surface area contributed by atoms with Crippen LogP contribution < -0.4 is 5.73 Å². The van der Waals surface area contributed by atoms with Gasteiger partial charge in [0.1, 0.15) is 0 Å². The van der Waals surface area contributed by atoms with Crippen molar-refractivity contribution in [3.05, 3.63) is 23.8 Å². The molecule has 82 valence electrons. The summed E-state index contributed by atoms with van der Waals surface area (Å²) in [4.78, 5) is 8.54. The molecule has 0 atom stereocenters. The summed E-state index contributed by atoms with van der Waals surface area (Å²) in [6, 6.07) is 0. The summed E-state index contributed by atoms with van der Waals surface area (Å²) in [5.74, 6) is 0. The molecule has 0 spiro atoms. The summed E-state index contributed by atoms with van der Waals surface area (Å²) in [7, 11) is 0. The van der Waals surface area contributed by atoms with E-state index in [2.05, 4.69) is 9.97 Å². The van der Waals surface area contributed by atoms with Gasteiger partial charge in [-0.1, -0.05) is 0 Å². The number of aliphatic hydroxyl groups excluding tert-OH is 1. The molecule has 0 aliphatic heterocycles. The van der Waals surface area contributed by atoms with Gasteiger partial charge in [-0.15, -0.1) is 0 Å². The molecule has 15 heavy (non-hydrogen) atoms. The van der Waals surface area contributed by atoms with Gasteiger partial charge >= 0.3 is 0 Å². The number of aliphatic hydroxyl groups is 1. The second kappa shape index (κ2) is 3.87. The number of hydrogen-bond donors (Lipinski definition) is 2. The van der Waals surface area contributed by atoms with E-state index in [1.807, 2.05) is 6.92 Å². The molecule has 3 N–H and O–H groups in total. The lowest BCUT2D eigenvalue weighted by atomic mass is 9.79. The summed E-state index contributed by atoms with van der Waals surface area (Å²) in [6.45, 7) is 1.91. The Kier molecular flexibility index (Phi) is 2.71. The molecule has 0 amide bonds. The molecule has 0 bridgehead atoms. The molecule has 2 rings (SSSR count). The minimum absolute atomic E-state index is 0.194. The van der Waals surface area contributed by atoms with Gasteiger partial charge in [0.05, 0.1) is 29.2 Å². The SMILES string of the molecule is Cc1cnc(C2(N)CCC(O)CC2)cn1. The van der Waals surface area contributed by atoms with Crippen molar-refractivity contribution in [3.63, 3.8) is 0 Å². The van der Waals surface area contributed by atoms with Gasteiger partial charge in [0, 0.05) is 6.20 Å². The van der Waals surface area contributed by atoms with Gasteiger partial charge in [-0.3, -0.25) is 9.97 Å². The molecule has 1 heterocycles. The monoisotopic (exact) mass is 207 g/mol. The summed E-state index contributed by atoms with van der Waals surface area (Å²) in [5.41, 5.74) is 7.64. The summed E-state index contributed by atoms with van der Waals surface area (Å²) >= 11 is 0. The van der Waals surface area contributed by atoms with E-state index in [-0.39, 0.29) is 11.6 Å². The van der Waals surface area contributed by atoms with Gasteiger partial charge in [0.25, 0.3) is 0 Å². The quantitative estimate of drug-likeness (QED) is 0.717. The highest BCUT2D eigenvalue weighted by Crippen LogP contribution is 2.33. The first kappa shape index (κ1) is 10.5. The number of aryl methyl sites for hydroxylation is 1. The fraction of sp³-hybridized carbons (Fsp3) is 0.636. The Morgan fingerprint density at radius 3 is 2.53 bits per heavy atom. The van der Waals surface area contributed by atoms with Gasteiger partial charge in [-0.05, 0) is 32.6 Å². The number of aromatic nitrogens is 2. The lowest BCUT2D eigenvalue weighted by Gasteiger charge is -2.34. The molecule has 4 heteroatoms. The molecular weight excluding hydrogens is 190 g/mol. The van der Waals surface area contributed by atoms with E-state index in [0.717, 1.165) is 37.1 Å². The van der Waals surface area contributed by atoms with E-state index >= 15 is 0 Å². The predicted molar refractivity (Wildman–Crippen MR) is 57.1 cm³/mol. The van der Waals surface area contributed by atoms with Crippen molar-refractivity contribution >= 4 is 0 Å². The summed E-state index contributed by atoms with van der Waals surface area (Å²) < 4.78 is 0. The van der Waals surface area contributed by atoms with Crippen LogP contribution in [0.15, 0.2) is 12.4 Å². The zero-order valence-electron chi connectivity index (χ0n) is 8.98. The Labute approximate surface area is 89.6 Å². The van der Waals surface area contributed by atoms with Gasteiger partial charge in [-0.2, -0.15) is 0 Å². The Morgan fingerprint density at radius 1 is 1.33 bits per heavy atom. The van der Waals surface area contributed by atoms with Crippen molar-refractivity contribution < 1.29 is 5.11 Å². The first-order chi connectivity index (χ1) is 7.10. The largest absolute Gasteiger partial charge is 0.393 e. The minimum Gasteiger partial charge on any atom is -0.393 e. The Morgan fingerprint density at radius 2 is 2.00 bits per heavy atom. The number of nitrogens with two attached hydrogens (primary N) is 1. The van der Waals surface area contributed by atoms with Crippen molar-refractivity contribution in [2.24, 2.45) is 5.73 Å². The van der Waals surface area contributed by atoms with Crippen molar-refractivity contribution in [2.45, 2.75) is 44.2 Å². The minimum atomic E-state index is -0.389. The van der Waals surface area contributed by atoms with Crippen LogP contribution in [0.25, 0.3) is 0 Å². The lowest BCUT2D eigenvalue weighted by molar-refractivity contribution is 0.0955. The highest BCUT2D eigenvalue weighted by atomic mass is 16.3. The average molecular weight is 207 g/mol. The maximum absolute atomic E-state index is 9.44. The maximum Gasteiger partial charge on any atom is 0.0785 e. The van der Waals surface area contributed by atoms with Crippen LogP contribution in [0.2, 0.25) is 0 Å². The molecule has 1 aliphatic carbocycles. The Bertz CT molecular complexity index is 328. The van der Waals surface area contributed by atoms with E-state index in [4.69, 9.17) is 5.73 Å². The van der Waals surface area contributed by atoms with E-state index in [1.54, 1.807) is 12.4 Å². The molecule has 1 aromatic heterocycles. The Balaban J connectivity index is 2.18. The second-order valence-electron chi connectivity index (χ2n) is 4.43. The van der Waals surface area contributed by atoms with Crippen molar-refractivity contribution in [3.8, 4) is 0 Å². The van der Waals surface area contributed by atoms with E-state index in [0.29, 0.717) is 0 Å². The molecule has 0 aromatic carbocycles. The van der Waals surface area contributed by atoms with Crippen LogP contribution in [0.4, 0.5) is 0 Å². The third kappa shape index (κ3) is 2.16. The van der Waals surface area contributed by atoms with Crippen molar-refractivity contribution in [2.75, 3.05) is 0 Å². The molecule has 0 unspecified atom stereocenters. The average Bonchev–Trinajstić information content (AvgIpc) is 2.24. The molecule has 1 fully saturated rings. The third-order valence-electron chi connectivity index (χ3n) is 3.14. The van der Waals surface area contributed by atoms with Crippen LogP contribution in [0.3, 0.4) is 0 Å². The Hall–Kier alpha value is -1.00. The van der Waals surface area contributed by atoms with Crippen LogP contribution in [0.1, 0.15) is 37.1 Å². The molecule has 4 nitrogen and oxygen atoms in total. The van der Waals surface area contributed by atoms with Gasteiger partial charge in [-0.25, -0.2) is 0 Å². The molecule has 1 aliphatic rings. The molecule has 1 aromatic rings. The predicted octanol–water partition coefficient (Wildman–Crippen LogP) is 0.874. The zero-order valence-corrected chi connectivity index (χ0v) is 8.98. The van der Waals surface area contributed by atoms with Gasteiger partial charge in [0.15, 0.2) is 0 Å². The van der Waals surface area contributed by atoms with Crippen LogP contribution in [-0.4, -0.2) is 21.2 Å². The zero-order chi connectivity index (χ0) is 10.9. The van der Waals surface area contributed by atoms with Gasteiger partial charge < -0.3 is 10.8 Å². The highest BCUT2D eigenvalue weighted by Gasteiger charge is 2.33. The fourth-order valence-electron chi connectivity index (χ4n) is 2.02. The van der Waals surface area contributed by atoms with Crippen molar-refractivity contribution in [1.82, 2.24) is 9.97 Å². The van der Waals surface area contributed by atoms with E-state index in [9.17, 15) is 5.11 Å². The number of nitrogens with zero attached hydrogens (tertiary/aromatic N) is 2. The van der Waals surface area contributed by atoms with Gasteiger partial charge in [0.2, 0.25) is 0 Å². The lowest BCUT2D eigenvalue weighted by Crippen LogP contribution is -2.42. The van der Waals surface area contributed by atoms with E-state index in [1.165, 1.54) is 0 Å². The number of hydrogen-bond acceptors (Lipinski definition) is 4. The van der Waals surface area contributed by atoms with Crippen LogP contribution in [0, 0.1) is 6.92 Å². The summed E-state index contributed by atoms with van der Waals surface area (Å²) in [6.07, 6.45) is 6.39. The third-order valence-corrected chi connectivity index (χ3v) is 3.14. The smallest absolute Gasteiger partial charge is 0.0785 e. The highest BCUT2D eigenvalue weighted by molar-refractivity contribution is 5.13. The second-order valence-corrected chi connectivity index (χ2v) is 4.43. The van der Waals surface area contributed by atoms with Crippen LogP contribution in [0.5, 0.6) is 0 Å².